The monoisotopic (exact) mass is 507 g/mol. The molecule has 5 rings (SSSR count). The number of rotatable bonds is 6. The normalized spacial score (nSPS) is 15.3. The molecule has 3 heterocycles. The van der Waals surface area contributed by atoms with Gasteiger partial charge < -0.3 is 20.6 Å². The predicted octanol–water partition coefficient (Wildman–Crippen LogP) is 1.28. The number of sulfonamides is 1. The van der Waals surface area contributed by atoms with Crippen molar-refractivity contribution in [3.05, 3.63) is 54.7 Å². The van der Waals surface area contributed by atoms with Crippen molar-refractivity contribution >= 4 is 34.8 Å². The molecule has 2 aromatic carbocycles. The zero-order chi connectivity index (χ0) is 25.4. The number of aromatic hydroxyl groups is 3. The summed E-state index contributed by atoms with van der Waals surface area (Å²) in [5, 5.41) is 37.7. The molecule has 4 N–H and O–H groups in total. The first-order valence-corrected chi connectivity index (χ1v) is 13.1. The smallest absolute Gasteiger partial charge is 0.246 e. The van der Waals surface area contributed by atoms with E-state index in [1.54, 1.807) is 22.8 Å². The van der Waals surface area contributed by atoms with Crippen LogP contribution in [0.3, 0.4) is 0 Å². The Labute approximate surface area is 209 Å². The number of nitrogens with zero attached hydrogens (tertiary/aromatic N) is 4. The first kappa shape index (κ1) is 24.0. The number of hydrogen-bond acceptors (Lipinski definition) is 8. The summed E-state index contributed by atoms with van der Waals surface area (Å²) in [6.45, 7) is 1.26. The third-order valence-electron chi connectivity index (χ3n) is 6.53. The fourth-order valence-electron chi connectivity index (χ4n) is 4.49. The van der Waals surface area contributed by atoms with Crippen LogP contribution in [0.25, 0.3) is 16.9 Å². The van der Waals surface area contributed by atoms with Gasteiger partial charge in [-0.2, -0.15) is 13.9 Å². The minimum Gasteiger partial charge on any atom is -0.508 e. The molecule has 0 aliphatic carbocycles. The molecule has 0 saturated carbocycles. The van der Waals surface area contributed by atoms with E-state index < -0.39 is 15.8 Å². The number of benzene rings is 2. The maximum Gasteiger partial charge on any atom is 0.246 e. The number of phenolic OH excluding ortho intramolecular Hbond substituents is 3. The van der Waals surface area contributed by atoms with Crippen LogP contribution >= 0.6 is 0 Å². The molecule has 0 radical (unpaired) electrons. The summed E-state index contributed by atoms with van der Waals surface area (Å²) in [7, 11) is -1.93. The van der Waals surface area contributed by atoms with Gasteiger partial charge in [-0.15, -0.1) is 0 Å². The minimum atomic E-state index is -3.86. The van der Waals surface area contributed by atoms with Crippen molar-refractivity contribution in [2.75, 3.05) is 25.0 Å². The molecule has 186 valence electrons. The van der Waals surface area contributed by atoms with Crippen LogP contribution in [0.4, 0.5) is 5.82 Å². The second kappa shape index (κ2) is 9.36. The quantitative estimate of drug-likeness (QED) is 0.286. The average molecular weight is 507 g/mol. The van der Waals surface area contributed by atoms with Crippen LogP contribution in [-0.4, -0.2) is 70.1 Å². The largest absolute Gasteiger partial charge is 0.508 e. The Kier molecular flexibility index (Phi) is 6.23. The van der Waals surface area contributed by atoms with Gasteiger partial charge in [-0.05, 0) is 48.5 Å². The van der Waals surface area contributed by atoms with E-state index in [9.17, 15) is 23.7 Å². The maximum absolute atomic E-state index is 13.0. The van der Waals surface area contributed by atoms with E-state index in [0.717, 1.165) is 17.3 Å². The molecular formula is C24H26BN5O5S. The van der Waals surface area contributed by atoms with Crippen molar-refractivity contribution in [1.29, 1.82) is 0 Å². The van der Waals surface area contributed by atoms with Gasteiger partial charge in [0.05, 0.1) is 5.69 Å². The van der Waals surface area contributed by atoms with Crippen LogP contribution in [0.5, 0.6) is 17.2 Å². The van der Waals surface area contributed by atoms with E-state index in [-0.39, 0.29) is 22.3 Å². The van der Waals surface area contributed by atoms with Gasteiger partial charge in [0.15, 0.2) is 5.65 Å². The zero-order valence-corrected chi connectivity index (χ0v) is 20.5. The van der Waals surface area contributed by atoms with Crippen LogP contribution in [0.1, 0.15) is 12.8 Å². The lowest BCUT2D eigenvalue weighted by molar-refractivity contribution is 0.281. The fraction of sp³-hybridized carbons (Fsp3) is 0.250. The van der Waals surface area contributed by atoms with Crippen LogP contribution in [-0.2, 0) is 10.0 Å². The molecular weight excluding hydrogens is 481 g/mol. The number of aromatic nitrogens is 3. The molecule has 2 aromatic heterocycles. The van der Waals surface area contributed by atoms with Crippen molar-refractivity contribution in [2.45, 2.75) is 17.7 Å². The van der Waals surface area contributed by atoms with Crippen molar-refractivity contribution in [3.8, 4) is 28.5 Å². The summed E-state index contributed by atoms with van der Waals surface area (Å²) in [4.78, 5) is 4.48. The molecule has 36 heavy (non-hydrogen) atoms. The van der Waals surface area contributed by atoms with Gasteiger partial charge in [0.25, 0.3) is 0 Å². The summed E-state index contributed by atoms with van der Waals surface area (Å²) >= 11 is 0. The third kappa shape index (κ3) is 4.45. The summed E-state index contributed by atoms with van der Waals surface area (Å²) in [6, 6.07) is 12.4. The lowest BCUT2D eigenvalue weighted by atomic mass is 9.98. The van der Waals surface area contributed by atoms with E-state index >= 15 is 0 Å². The predicted molar refractivity (Wildman–Crippen MR) is 138 cm³/mol. The molecule has 10 nitrogen and oxygen atoms in total. The van der Waals surface area contributed by atoms with E-state index in [0.29, 0.717) is 49.4 Å². The van der Waals surface area contributed by atoms with Gasteiger partial charge in [0, 0.05) is 43.5 Å². The second-order valence-electron chi connectivity index (χ2n) is 8.99. The van der Waals surface area contributed by atoms with Crippen LogP contribution in [0, 0.1) is 5.92 Å². The number of piperidine rings is 1. The number of phenols is 3. The average Bonchev–Trinajstić information content (AvgIpc) is 3.23. The lowest BCUT2D eigenvalue weighted by Gasteiger charge is -2.31. The van der Waals surface area contributed by atoms with Gasteiger partial charge >= 0.3 is 0 Å². The highest BCUT2D eigenvalue weighted by Crippen LogP contribution is 2.32. The van der Waals surface area contributed by atoms with Crippen molar-refractivity contribution in [3.63, 3.8) is 0 Å². The van der Waals surface area contributed by atoms with Crippen LogP contribution < -0.4 is 10.8 Å². The highest BCUT2D eigenvalue weighted by Gasteiger charge is 2.31. The molecule has 4 aromatic rings. The highest BCUT2D eigenvalue weighted by atomic mass is 32.2. The molecule has 0 unspecified atom stereocenters. The Morgan fingerprint density at radius 2 is 1.78 bits per heavy atom. The second-order valence-corrected chi connectivity index (χ2v) is 10.9. The maximum atomic E-state index is 13.0. The van der Waals surface area contributed by atoms with Gasteiger partial charge in [0.2, 0.25) is 10.0 Å². The standard InChI is InChI=1S/C24H26BN5O5S/c25-18-14-27-30-23(12-19(28-24(18)30)17-3-1-2-4-20(17)32)26-13-15-7-9-29(10-8-15)36(34,35)22-6-5-16(31)11-21(22)33/h1-6,11-12,14-15,26,31-33H,7-10,13,25H2. The van der Waals surface area contributed by atoms with Gasteiger partial charge in [-0.1, -0.05) is 12.1 Å². The van der Waals surface area contributed by atoms with E-state index in [1.807, 2.05) is 26.0 Å². The van der Waals surface area contributed by atoms with Crippen molar-refractivity contribution in [1.82, 2.24) is 18.9 Å². The molecule has 0 spiro atoms. The summed E-state index contributed by atoms with van der Waals surface area (Å²) in [6.07, 6.45) is 3.03. The fourth-order valence-corrected chi connectivity index (χ4v) is 6.03. The van der Waals surface area contributed by atoms with E-state index in [2.05, 4.69) is 10.4 Å². The van der Waals surface area contributed by atoms with E-state index in [1.165, 1.54) is 16.4 Å². The molecule has 12 heteroatoms. The summed E-state index contributed by atoms with van der Waals surface area (Å²) in [5.74, 6) is 0.439. The van der Waals surface area contributed by atoms with Crippen LogP contribution in [0.15, 0.2) is 59.6 Å². The first-order valence-electron chi connectivity index (χ1n) is 11.6. The topological polar surface area (TPSA) is 140 Å². The molecule has 0 atom stereocenters. The van der Waals surface area contributed by atoms with E-state index in [4.69, 9.17) is 4.98 Å². The molecule has 1 saturated heterocycles. The highest BCUT2D eigenvalue weighted by molar-refractivity contribution is 7.89. The van der Waals surface area contributed by atoms with Gasteiger partial charge in [-0.25, -0.2) is 13.4 Å². The Hall–Kier alpha value is -3.77. The molecule has 0 bridgehead atoms. The number of anilines is 1. The zero-order valence-electron chi connectivity index (χ0n) is 19.7. The van der Waals surface area contributed by atoms with Crippen molar-refractivity contribution < 1.29 is 23.7 Å². The number of fused-ring (bicyclic) bond motifs is 1. The minimum absolute atomic E-state index is 0.144. The summed E-state index contributed by atoms with van der Waals surface area (Å²) in [5.41, 5.74) is 2.85. The summed E-state index contributed by atoms with van der Waals surface area (Å²) < 4.78 is 29.1. The SMILES string of the molecule is Bc1cnn2c(NCC3CCN(S(=O)(=O)c4ccc(O)cc4O)CC3)cc(-c3ccccc3O)nc12. The molecule has 1 fully saturated rings. The Bertz CT molecular complexity index is 1530. The Morgan fingerprint density at radius 1 is 1.03 bits per heavy atom. The molecule has 1 aliphatic heterocycles. The van der Waals surface area contributed by atoms with Gasteiger partial charge in [-0.3, -0.25) is 0 Å². The van der Waals surface area contributed by atoms with Crippen LogP contribution in [0.2, 0.25) is 0 Å². The van der Waals surface area contributed by atoms with Crippen molar-refractivity contribution in [2.24, 2.45) is 5.92 Å². The number of para-hydroxylation sites is 1. The number of hydrogen-bond donors (Lipinski definition) is 4. The Balaban J connectivity index is 1.30. The number of nitrogens with one attached hydrogen (secondary N) is 1. The third-order valence-corrected chi connectivity index (χ3v) is 8.48. The molecule has 1 aliphatic rings. The first-order chi connectivity index (χ1) is 17.2. The molecule has 0 amide bonds. The lowest BCUT2D eigenvalue weighted by Crippen LogP contribution is -2.39. The van der Waals surface area contributed by atoms with Gasteiger partial charge in [0.1, 0.15) is 35.8 Å². The Morgan fingerprint density at radius 3 is 2.50 bits per heavy atom.